The Morgan fingerprint density at radius 3 is 2.38 bits per heavy atom. The number of halogens is 1. The number of esters is 1. The highest BCUT2D eigenvalue weighted by molar-refractivity contribution is 9.10. The molecule has 0 fully saturated rings. The first-order valence-corrected chi connectivity index (χ1v) is 12.9. The zero-order chi connectivity index (χ0) is 27.8. The second-order valence-corrected chi connectivity index (χ2v) is 9.17. The minimum absolute atomic E-state index is 0.250. The number of amides is 1. The molecule has 0 saturated heterocycles. The third kappa shape index (κ3) is 6.74. The molecule has 0 saturated carbocycles. The van der Waals surface area contributed by atoms with Crippen molar-refractivity contribution < 1.29 is 28.5 Å². The lowest BCUT2D eigenvalue weighted by atomic mass is 10.1. The minimum Gasteiger partial charge on any atom is -0.497 e. The summed E-state index contributed by atoms with van der Waals surface area (Å²) in [6, 6.07) is 23.2. The van der Waals surface area contributed by atoms with E-state index in [9.17, 15) is 9.59 Å². The summed E-state index contributed by atoms with van der Waals surface area (Å²) in [6.45, 7) is 1.86. The quantitative estimate of drug-likeness (QED) is 0.103. The molecule has 0 aliphatic heterocycles. The molecule has 1 atom stereocenters. The molecule has 0 aromatic heterocycles. The van der Waals surface area contributed by atoms with Gasteiger partial charge in [0.1, 0.15) is 11.5 Å². The molecule has 4 rings (SSSR count). The van der Waals surface area contributed by atoms with E-state index in [2.05, 4.69) is 26.5 Å². The van der Waals surface area contributed by atoms with Gasteiger partial charge in [-0.1, -0.05) is 37.3 Å². The number of nitrogens with zero attached hydrogens (tertiary/aromatic N) is 1. The number of carbonyl (C=O) groups excluding carboxylic acids is 2. The van der Waals surface area contributed by atoms with E-state index < -0.39 is 12.1 Å². The summed E-state index contributed by atoms with van der Waals surface area (Å²) in [7, 11) is 3.02. The summed E-state index contributed by atoms with van der Waals surface area (Å²) in [6.07, 6.45) is 1.17. The fourth-order valence-electron chi connectivity index (χ4n) is 3.76. The van der Waals surface area contributed by atoms with Crippen molar-refractivity contribution in [3.8, 4) is 23.0 Å². The van der Waals surface area contributed by atoms with Crippen molar-refractivity contribution in [2.45, 2.75) is 19.4 Å². The van der Waals surface area contributed by atoms with Crippen molar-refractivity contribution in [3.05, 3.63) is 94.5 Å². The van der Waals surface area contributed by atoms with Crippen molar-refractivity contribution >= 4 is 44.8 Å². The third-order valence-electron chi connectivity index (χ3n) is 5.86. The monoisotopic (exact) mass is 590 g/mol. The van der Waals surface area contributed by atoms with Crippen LogP contribution in [0.1, 0.15) is 29.3 Å². The maximum absolute atomic E-state index is 12.8. The number of benzene rings is 4. The van der Waals surface area contributed by atoms with Crippen LogP contribution in [0.25, 0.3) is 10.8 Å². The van der Waals surface area contributed by atoms with E-state index in [0.29, 0.717) is 34.8 Å². The van der Waals surface area contributed by atoms with Gasteiger partial charge < -0.3 is 18.9 Å². The SMILES string of the molecule is CCC(Oc1ccc2ccccc2c1Br)C(=O)NN=Cc1ccc(OC(=O)c2ccc(OC)cc2)c(OC)c1. The topological polar surface area (TPSA) is 95.5 Å². The van der Waals surface area contributed by atoms with Crippen LogP contribution in [0, 0.1) is 0 Å². The number of fused-ring (bicyclic) bond motifs is 1. The summed E-state index contributed by atoms with van der Waals surface area (Å²) in [5.41, 5.74) is 3.53. The predicted octanol–water partition coefficient (Wildman–Crippen LogP) is 6.15. The second kappa shape index (κ2) is 12.9. The molecule has 1 unspecified atom stereocenters. The summed E-state index contributed by atoms with van der Waals surface area (Å²) >= 11 is 3.59. The molecule has 1 amide bonds. The molecule has 0 aliphatic carbocycles. The van der Waals surface area contributed by atoms with Gasteiger partial charge in [-0.25, -0.2) is 10.2 Å². The largest absolute Gasteiger partial charge is 0.497 e. The van der Waals surface area contributed by atoms with Gasteiger partial charge in [-0.05, 0) is 87.2 Å². The molecule has 0 spiro atoms. The molecule has 8 nitrogen and oxygen atoms in total. The Hall–Kier alpha value is -4.37. The second-order valence-electron chi connectivity index (χ2n) is 8.38. The molecule has 1 N–H and O–H groups in total. The van der Waals surface area contributed by atoms with Crippen molar-refractivity contribution in [1.29, 1.82) is 0 Å². The van der Waals surface area contributed by atoms with Crippen LogP contribution < -0.4 is 24.4 Å². The Kier molecular flexibility index (Phi) is 9.17. The first-order chi connectivity index (χ1) is 18.9. The number of nitrogens with one attached hydrogen (secondary N) is 1. The lowest BCUT2D eigenvalue weighted by Gasteiger charge is -2.17. The smallest absolute Gasteiger partial charge is 0.343 e. The average molecular weight is 591 g/mol. The summed E-state index contributed by atoms with van der Waals surface area (Å²) in [5.74, 6) is 0.879. The molecule has 4 aromatic carbocycles. The number of ether oxygens (including phenoxy) is 4. The maximum atomic E-state index is 12.8. The number of hydrogen-bond donors (Lipinski definition) is 1. The van der Waals surface area contributed by atoms with Crippen molar-refractivity contribution in [3.63, 3.8) is 0 Å². The molecular weight excluding hydrogens is 564 g/mol. The molecule has 0 bridgehead atoms. The molecule has 0 radical (unpaired) electrons. The van der Waals surface area contributed by atoms with Crippen LogP contribution in [0.5, 0.6) is 23.0 Å². The average Bonchev–Trinajstić information content (AvgIpc) is 2.97. The van der Waals surface area contributed by atoms with Crippen molar-refractivity contribution in [2.24, 2.45) is 5.10 Å². The van der Waals surface area contributed by atoms with Crippen LogP contribution in [0.2, 0.25) is 0 Å². The van der Waals surface area contributed by atoms with E-state index in [1.54, 1.807) is 49.6 Å². The van der Waals surface area contributed by atoms with Gasteiger partial charge in [-0.15, -0.1) is 0 Å². The number of carbonyl (C=O) groups is 2. The maximum Gasteiger partial charge on any atom is 0.343 e. The van der Waals surface area contributed by atoms with E-state index in [1.807, 2.05) is 43.3 Å². The summed E-state index contributed by atoms with van der Waals surface area (Å²) < 4.78 is 22.8. The van der Waals surface area contributed by atoms with Crippen LogP contribution in [0.4, 0.5) is 0 Å². The van der Waals surface area contributed by atoms with E-state index in [-0.39, 0.29) is 11.7 Å². The normalized spacial score (nSPS) is 11.7. The van der Waals surface area contributed by atoms with E-state index in [1.165, 1.54) is 13.3 Å². The fraction of sp³-hybridized carbons (Fsp3) is 0.167. The Bertz CT molecular complexity index is 1500. The van der Waals surface area contributed by atoms with Gasteiger partial charge >= 0.3 is 5.97 Å². The number of methoxy groups -OCH3 is 2. The standard InChI is InChI=1S/C30H27BrN2O6/c1-4-24(38-26-16-12-20-7-5-6-8-23(20)28(26)31)29(34)33-32-18-19-9-15-25(27(17-19)37-3)39-30(35)21-10-13-22(36-2)14-11-21/h5-18,24H,4H2,1-3H3,(H,33,34). The molecule has 9 heteroatoms. The van der Waals surface area contributed by atoms with Gasteiger partial charge in [-0.2, -0.15) is 5.10 Å². The van der Waals surface area contributed by atoms with E-state index >= 15 is 0 Å². The van der Waals surface area contributed by atoms with Crippen LogP contribution in [-0.4, -0.2) is 38.4 Å². The van der Waals surface area contributed by atoms with Crippen molar-refractivity contribution in [1.82, 2.24) is 5.43 Å². The van der Waals surface area contributed by atoms with Gasteiger partial charge in [0, 0.05) is 0 Å². The van der Waals surface area contributed by atoms with Crippen LogP contribution >= 0.6 is 15.9 Å². The first-order valence-electron chi connectivity index (χ1n) is 12.1. The van der Waals surface area contributed by atoms with Gasteiger partial charge in [0.15, 0.2) is 17.6 Å². The molecule has 0 aliphatic rings. The lowest BCUT2D eigenvalue weighted by Crippen LogP contribution is -2.35. The highest BCUT2D eigenvalue weighted by Gasteiger charge is 2.20. The van der Waals surface area contributed by atoms with Crippen LogP contribution in [0.3, 0.4) is 0 Å². The zero-order valence-electron chi connectivity index (χ0n) is 21.6. The molecule has 39 heavy (non-hydrogen) atoms. The van der Waals surface area contributed by atoms with E-state index in [0.717, 1.165) is 15.2 Å². The highest BCUT2D eigenvalue weighted by atomic mass is 79.9. The molecular formula is C30H27BrN2O6. The van der Waals surface area contributed by atoms with Gasteiger partial charge in [-0.3, -0.25) is 4.79 Å². The van der Waals surface area contributed by atoms with Gasteiger partial charge in [0.2, 0.25) is 0 Å². The molecule has 200 valence electrons. The lowest BCUT2D eigenvalue weighted by molar-refractivity contribution is -0.128. The fourth-order valence-corrected chi connectivity index (χ4v) is 4.34. The highest BCUT2D eigenvalue weighted by Crippen LogP contribution is 2.34. The third-order valence-corrected chi connectivity index (χ3v) is 6.68. The van der Waals surface area contributed by atoms with Crippen LogP contribution in [-0.2, 0) is 4.79 Å². The zero-order valence-corrected chi connectivity index (χ0v) is 23.2. The van der Waals surface area contributed by atoms with Gasteiger partial charge in [0.25, 0.3) is 5.91 Å². The Morgan fingerprint density at radius 2 is 1.67 bits per heavy atom. The van der Waals surface area contributed by atoms with Gasteiger partial charge in [0.05, 0.1) is 30.5 Å². The summed E-state index contributed by atoms with van der Waals surface area (Å²) in [5, 5.41) is 6.12. The number of hydrogen-bond acceptors (Lipinski definition) is 7. The van der Waals surface area contributed by atoms with Crippen molar-refractivity contribution in [2.75, 3.05) is 14.2 Å². The molecule has 4 aromatic rings. The molecule has 0 heterocycles. The number of rotatable bonds is 10. The summed E-state index contributed by atoms with van der Waals surface area (Å²) in [4.78, 5) is 25.3. The Labute approximate surface area is 234 Å². The minimum atomic E-state index is -0.742. The Balaban J connectivity index is 1.39. The predicted molar refractivity (Wildman–Crippen MR) is 153 cm³/mol. The number of hydrazone groups is 1. The Morgan fingerprint density at radius 1 is 0.923 bits per heavy atom. The van der Waals surface area contributed by atoms with E-state index in [4.69, 9.17) is 18.9 Å². The van der Waals surface area contributed by atoms with Crippen LogP contribution in [0.15, 0.2) is 88.4 Å². The first kappa shape index (κ1) is 27.7.